The number of carbonyl (C=O) groups is 1. The van der Waals surface area contributed by atoms with Crippen molar-refractivity contribution in [3.63, 3.8) is 0 Å². The number of hydrogen-bond donors (Lipinski definition) is 2. The van der Waals surface area contributed by atoms with E-state index in [1.165, 1.54) is 12.1 Å². The van der Waals surface area contributed by atoms with Crippen molar-refractivity contribution in [2.24, 2.45) is 0 Å². The lowest BCUT2D eigenvalue weighted by Crippen LogP contribution is -2.34. The number of nitrogens with one attached hydrogen (secondary N) is 2. The van der Waals surface area contributed by atoms with E-state index in [1.807, 2.05) is 0 Å². The van der Waals surface area contributed by atoms with Gasteiger partial charge in [0, 0.05) is 25.2 Å². The van der Waals surface area contributed by atoms with Crippen LogP contribution in [-0.2, 0) is 10.0 Å². The number of sulfonamides is 1. The van der Waals surface area contributed by atoms with Crippen LogP contribution in [0.15, 0.2) is 29.2 Å². The second kappa shape index (κ2) is 8.87. The average molecular weight is 327 g/mol. The first-order valence-corrected chi connectivity index (χ1v) is 9.03. The molecule has 0 heterocycles. The van der Waals surface area contributed by atoms with Crippen LogP contribution < -0.4 is 10.0 Å². The lowest BCUT2D eigenvalue weighted by molar-refractivity contribution is 0.0948. The Labute approximate surface area is 132 Å². The Hall–Kier alpha value is -1.44. The predicted octanol–water partition coefficient (Wildman–Crippen LogP) is 1.06. The van der Waals surface area contributed by atoms with Gasteiger partial charge in [-0.25, -0.2) is 13.1 Å². The van der Waals surface area contributed by atoms with Gasteiger partial charge in [0.15, 0.2) is 0 Å². The first kappa shape index (κ1) is 18.6. The number of rotatable bonds is 9. The molecule has 1 aromatic carbocycles. The molecule has 2 N–H and O–H groups in total. The third kappa shape index (κ3) is 5.40. The number of benzene rings is 1. The molecule has 0 saturated carbocycles. The summed E-state index contributed by atoms with van der Waals surface area (Å²) >= 11 is 0. The van der Waals surface area contributed by atoms with E-state index in [9.17, 15) is 13.2 Å². The van der Waals surface area contributed by atoms with Crippen LogP contribution in [0.2, 0.25) is 0 Å². The molecule has 0 unspecified atom stereocenters. The largest absolute Gasteiger partial charge is 0.351 e. The molecule has 1 rings (SSSR count). The Morgan fingerprint density at radius 1 is 1.18 bits per heavy atom. The van der Waals surface area contributed by atoms with E-state index in [4.69, 9.17) is 0 Å². The van der Waals surface area contributed by atoms with Crippen LogP contribution in [0.1, 0.15) is 31.1 Å². The molecule has 7 heteroatoms. The van der Waals surface area contributed by atoms with Crippen molar-refractivity contribution < 1.29 is 13.2 Å². The van der Waals surface area contributed by atoms with Crippen molar-refractivity contribution in [1.82, 2.24) is 14.9 Å². The van der Waals surface area contributed by atoms with Gasteiger partial charge in [0.25, 0.3) is 5.91 Å². The van der Waals surface area contributed by atoms with Gasteiger partial charge in [-0.05, 0) is 31.3 Å². The van der Waals surface area contributed by atoms with Crippen LogP contribution >= 0.6 is 0 Å². The minimum absolute atomic E-state index is 0.103. The van der Waals surface area contributed by atoms with E-state index in [1.54, 1.807) is 19.1 Å². The van der Waals surface area contributed by atoms with E-state index in [0.717, 1.165) is 19.6 Å². The van der Waals surface area contributed by atoms with Crippen molar-refractivity contribution in [2.45, 2.75) is 25.7 Å². The van der Waals surface area contributed by atoms with Crippen LogP contribution in [0.25, 0.3) is 0 Å². The summed E-state index contributed by atoms with van der Waals surface area (Å²) < 4.78 is 26.3. The molecule has 0 radical (unpaired) electrons. The molecule has 0 aromatic heterocycles. The Bertz CT molecular complexity index is 583. The monoisotopic (exact) mass is 327 g/mol. The quantitative estimate of drug-likeness (QED) is 0.711. The predicted molar refractivity (Wildman–Crippen MR) is 87.4 cm³/mol. The highest BCUT2D eigenvalue weighted by Crippen LogP contribution is 2.11. The van der Waals surface area contributed by atoms with Crippen LogP contribution in [0, 0.1) is 0 Å². The molecule has 0 saturated heterocycles. The second-order valence-corrected chi connectivity index (χ2v) is 6.58. The van der Waals surface area contributed by atoms with Gasteiger partial charge in [0.1, 0.15) is 0 Å². The zero-order valence-corrected chi connectivity index (χ0v) is 14.2. The molecule has 0 bridgehead atoms. The van der Waals surface area contributed by atoms with Crippen molar-refractivity contribution in [3.8, 4) is 0 Å². The molecule has 1 aromatic rings. The summed E-state index contributed by atoms with van der Waals surface area (Å²) in [6.45, 7) is 9.33. The van der Waals surface area contributed by atoms with E-state index in [-0.39, 0.29) is 10.8 Å². The summed E-state index contributed by atoms with van der Waals surface area (Å²) in [4.78, 5) is 14.4. The van der Waals surface area contributed by atoms with Crippen LogP contribution in [-0.4, -0.2) is 51.9 Å². The van der Waals surface area contributed by atoms with Gasteiger partial charge in [-0.15, -0.1) is 0 Å². The minimum atomic E-state index is -3.55. The van der Waals surface area contributed by atoms with Gasteiger partial charge < -0.3 is 10.2 Å². The lowest BCUT2D eigenvalue weighted by atomic mass is 10.2. The number of amides is 1. The van der Waals surface area contributed by atoms with Crippen molar-refractivity contribution in [3.05, 3.63) is 29.8 Å². The molecule has 22 heavy (non-hydrogen) atoms. The molecular weight excluding hydrogens is 302 g/mol. The Kier molecular flexibility index (Phi) is 7.50. The standard InChI is InChI=1S/C15H25N3O3S/c1-4-17-22(20,21)14-9-7-8-13(12-14)15(19)16-10-11-18(5-2)6-3/h7-9,12,17H,4-6,10-11H2,1-3H3,(H,16,19). The highest BCUT2D eigenvalue weighted by molar-refractivity contribution is 7.89. The van der Waals surface area contributed by atoms with E-state index < -0.39 is 10.0 Å². The molecule has 124 valence electrons. The topological polar surface area (TPSA) is 78.5 Å². The first-order chi connectivity index (χ1) is 10.4. The van der Waals surface area contributed by atoms with Gasteiger partial charge >= 0.3 is 0 Å². The SMILES string of the molecule is CCNS(=O)(=O)c1cccc(C(=O)NCCN(CC)CC)c1. The third-order valence-electron chi connectivity index (χ3n) is 3.35. The molecule has 0 aliphatic heterocycles. The molecule has 6 nitrogen and oxygen atoms in total. The maximum Gasteiger partial charge on any atom is 0.251 e. The maximum atomic E-state index is 12.1. The lowest BCUT2D eigenvalue weighted by Gasteiger charge is -2.18. The summed E-state index contributed by atoms with van der Waals surface area (Å²) in [5.74, 6) is -0.263. The molecule has 1 amide bonds. The van der Waals surface area contributed by atoms with Gasteiger partial charge in [-0.2, -0.15) is 0 Å². The second-order valence-electron chi connectivity index (χ2n) is 4.81. The fourth-order valence-corrected chi connectivity index (χ4v) is 3.13. The van der Waals surface area contributed by atoms with Gasteiger partial charge in [-0.1, -0.05) is 26.8 Å². The Morgan fingerprint density at radius 2 is 1.86 bits per heavy atom. The summed E-state index contributed by atoms with van der Waals surface area (Å²) in [5.41, 5.74) is 0.346. The summed E-state index contributed by atoms with van der Waals surface area (Å²) in [5, 5.41) is 2.81. The number of likely N-dealkylation sites (N-methyl/N-ethyl adjacent to an activating group) is 1. The molecular formula is C15H25N3O3S. The third-order valence-corrected chi connectivity index (χ3v) is 4.89. The maximum absolute atomic E-state index is 12.1. The van der Waals surface area contributed by atoms with Crippen molar-refractivity contribution in [1.29, 1.82) is 0 Å². The average Bonchev–Trinajstić information content (AvgIpc) is 2.51. The van der Waals surface area contributed by atoms with E-state index in [0.29, 0.717) is 18.7 Å². The number of carbonyl (C=O) groups excluding carboxylic acids is 1. The number of nitrogens with zero attached hydrogens (tertiary/aromatic N) is 1. The van der Waals surface area contributed by atoms with Crippen molar-refractivity contribution >= 4 is 15.9 Å². The minimum Gasteiger partial charge on any atom is -0.351 e. The first-order valence-electron chi connectivity index (χ1n) is 7.54. The molecule has 0 spiro atoms. The highest BCUT2D eigenvalue weighted by Gasteiger charge is 2.15. The fraction of sp³-hybridized carbons (Fsp3) is 0.533. The van der Waals surface area contributed by atoms with Crippen molar-refractivity contribution in [2.75, 3.05) is 32.7 Å². The summed E-state index contributed by atoms with van der Waals surface area (Å²) in [7, 11) is -3.55. The summed E-state index contributed by atoms with van der Waals surface area (Å²) in [6.07, 6.45) is 0. The van der Waals surface area contributed by atoms with Crippen LogP contribution in [0.3, 0.4) is 0 Å². The van der Waals surface area contributed by atoms with Gasteiger partial charge in [-0.3, -0.25) is 4.79 Å². The summed E-state index contributed by atoms with van der Waals surface area (Å²) in [6, 6.07) is 6.05. The van der Waals surface area contributed by atoms with E-state index >= 15 is 0 Å². The Balaban J connectivity index is 2.71. The molecule has 0 aliphatic carbocycles. The van der Waals surface area contributed by atoms with Gasteiger partial charge in [0.2, 0.25) is 10.0 Å². The normalized spacial score (nSPS) is 11.6. The van der Waals surface area contributed by atoms with Crippen LogP contribution in [0.4, 0.5) is 0 Å². The fourth-order valence-electron chi connectivity index (χ4n) is 2.05. The van der Waals surface area contributed by atoms with Gasteiger partial charge in [0.05, 0.1) is 4.90 Å². The van der Waals surface area contributed by atoms with E-state index in [2.05, 4.69) is 28.8 Å². The highest BCUT2D eigenvalue weighted by atomic mass is 32.2. The molecule has 0 aliphatic rings. The van der Waals surface area contributed by atoms with Crippen LogP contribution in [0.5, 0.6) is 0 Å². The smallest absolute Gasteiger partial charge is 0.251 e. The zero-order valence-electron chi connectivity index (χ0n) is 13.4. The Morgan fingerprint density at radius 3 is 2.45 bits per heavy atom. The number of hydrogen-bond acceptors (Lipinski definition) is 4. The molecule has 0 atom stereocenters. The molecule has 0 fully saturated rings. The zero-order chi connectivity index (χ0) is 16.6.